The number of nitrogens with one attached hydrogen (secondary N) is 2. The molecule has 2 N–H and O–H groups in total. The molecule has 1 atom stereocenters. The van der Waals surface area contributed by atoms with Crippen LogP contribution in [0.4, 0.5) is 5.69 Å². The van der Waals surface area contributed by atoms with Gasteiger partial charge in [0.05, 0.1) is 6.61 Å². The van der Waals surface area contributed by atoms with Gasteiger partial charge < -0.3 is 10.1 Å². The van der Waals surface area contributed by atoms with Crippen molar-refractivity contribution in [1.29, 1.82) is 0 Å². The molecule has 0 aliphatic rings. The Bertz CT molecular complexity index is 563. The van der Waals surface area contributed by atoms with Crippen molar-refractivity contribution in [2.45, 2.75) is 13.0 Å². The molecule has 0 saturated carbocycles. The fourth-order valence-electron chi connectivity index (χ4n) is 1.59. The maximum atomic E-state index is 11.8. The van der Waals surface area contributed by atoms with Crippen molar-refractivity contribution in [3.05, 3.63) is 43.2 Å². The minimum absolute atomic E-state index is 0.195. The van der Waals surface area contributed by atoms with Crippen molar-refractivity contribution in [2.24, 2.45) is 0 Å². The lowest BCUT2D eigenvalue weighted by atomic mass is 10.2. The highest BCUT2D eigenvalue weighted by molar-refractivity contribution is 5.94. The van der Waals surface area contributed by atoms with Gasteiger partial charge in [-0.15, -0.1) is 6.58 Å². The molecule has 0 radical (unpaired) electrons. The number of amides is 1. The number of hydrogen-bond donors (Lipinski definition) is 2. The molecule has 0 aliphatic heterocycles. The fourth-order valence-corrected chi connectivity index (χ4v) is 1.59. The van der Waals surface area contributed by atoms with Gasteiger partial charge in [0.1, 0.15) is 12.4 Å². The van der Waals surface area contributed by atoms with E-state index < -0.39 is 6.10 Å². The number of anilines is 1. The molecule has 1 aromatic carbocycles. The van der Waals surface area contributed by atoms with Crippen molar-refractivity contribution < 1.29 is 9.53 Å². The maximum Gasteiger partial charge on any atom is 0.253 e. The fraction of sp³-hybridized carbons (Fsp3) is 0.214. The molecule has 0 saturated heterocycles. The van der Waals surface area contributed by atoms with E-state index in [4.69, 9.17) is 4.74 Å². The second-order valence-corrected chi connectivity index (χ2v) is 4.16. The summed E-state index contributed by atoms with van der Waals surface area (Å²) >= 11 is 0. The van der Waals surface area contributed by atoms with Crippen LogP contribution in [-0.4, -0.2) is 33.8 Å². The van der Waals surface area contributed by atoms with Gasteiger partial charge in [0.15, 0.2) is 5.82 Å². The van der Waals surface area contributed by atoms with E-state index in [-0.39, 0.29) is 5.91 Å². The summed E-state index contributed by atoms with van der Waals surface area (Å²) in [4.78, 5) is 15.9. The van der Waals surface area contributed by atoms with Crippen molar-refractivity contribution in [1.82, 2.24) is 15.2 Å². The van der Waals surface area contributed by atoms with Crippen molar-refractivity contribution in [3.8, 4) is 11.4 Å². The molecule has 1 aromatic heterocycles. The molecule has 1 unspecified atom stereocenters. The van der Waals surface area contributed by atoms with E-state index in [0.717, 1.165) is 5.56 Å². The van der Waals surface area contributed by atoms with Crippen molar-refractivity contribution in [2.75, 3.05) is 11.9 Å². The summed E-state index contributed by atoms with van der Waals surface area (Å²) in [5.41, 5.74) is 1.60. The number of H-pyrrole nitrogens is 1. The Morgan fingerprint density at radius 3 is 2.85 bits per heavy atom. The zero-order chi connectivity index (χ0) is 14.4. The van der Waals surface area contributed by atoms with E-state index in [9.17, 15) is 4.79 Å². The predicted octanol–water partition coefficient (Wildman–Crippen LogP) is 2.00. The van der Waals surface area contributed by atoms with Gasteiger partial charge in [0, 0.05) is 11.3 Å². The molecular formula is C14H16N4O2. The minimum atomic E-state index is -0.526. The summed E-state index contributed by atoms with van der Waals surface area (Å²) in [6, 6.07) is 7.31. The van der Waals surface area contributed by atoms with E-state index in [1.54, 1.807) is 25.1 Å². The topological polar surface area (TPSA) is 79.9 Å². The average molecular weight is 272 g/mol. The monoisotopic (exact) mass is 272 g/mol. The Hall–Kier alpha value is -2.47. The van der Waals surface area contributed by atoms with E-state index in [1.807, 2.05) is 12.1 Å². The maximum absolute atomic E-state index is 11.8. The summed E-state index contributed by atoms with van der Waals surface area (Å²) in [5, 5.41) is 9.35. The van der Waals surface area contributed by atoms with Gasteiger partial charge in [-0.2, -0.15) is 5.10 Å². The molecule has 0 fully saturated rings. The van der Waals surface area contributed by atoms with E-state index in [1.165, 1.54) is 6.33 Å². The second kappa shape index (κ2) is 6.63. The van der Waals surface area contributed by atoms with Crippen LogP contribution in [0.15, 0.2) is 43.2 Å². The highest BCUT2D eigenvalue weighted by Crippen LogP contribution is 2.17. The van der Waals surface area contributed by atoms with Crippen molar-refractivity contribution in [3.63, 3.8) is 0 Å². The molecule has 104 valence electrons. The molecule has 1 amide bonds. The molecule has 6 heteroatoms. The quantitative estimate of drug-likeness (QED) is 0.788. The lowest BCUT2D eigenvalue weighted by Gasteiger charge is -2.12. The van der Waals surface area contributed by atoms with Crippen LogP contribution in [0.5, 0.6) is 0 Å². The number of carbonyl (C=O) groups excluding carboxylic acids is 1. The zero-order valence-electron chi connectivity index (χ0n) is 11.2. The summed E-state index contributed by atoms with van der Waals surface area (Å²) < 4.78 is 5.25. The Morgan fingerprint density at radius 2 is 2.25 bits per heavy atom. The number of aromatic amines is 1. The van der Waals surface area contributed by atoms with Crippen LogP contribution >= 0.6 is 0 Å². The van der Waals surface area contributed by atoms with E-state index in [0.29, 0.717) is 18.1 Å². The summed E-state index contributed by atoms with van der Waals surface area (Å²) in [7, 11) is 0. The Balaban J connectivity index is 1.97. The van der Waals surface area contributed by atoms with Crippen LogP contribution in [0.3, 0.4) is 0 Å². The van der Waals surface area contributed by atoms with Gasteiger partial charge in [-0.05, 0) is 31.2 Å². The summed E-state index contributed by atoms with van der Waals surface area (Å²) in [6.45, 7) is 5.58. The molecule has 1 heterocycles. The van der Waals surface area contributed by atoms with E-state index >= 15 is 0 Å². The second-order valence-electron chi connectivity index (χ2n) is 4.16. The molecule has 0 spiro atoms. The van der Waals surface area contributed by atoms with Gasteiger partial charge in [0.2, 0.25) is 0 Å². The lowest BCUT2D eigenvalue weighted by Crippen LogP contribution is -2.27. The molecule has 2 aromatic rings. The first-order valence-electron chi connectivity index (χ1n) is 6.20. The Labute approximate surface area is 116 Å². The van der Waals surface area contributed by atoms with Crippen LogP contribution in [0, 0.1) is 0 Å². The SMILES string of the molecule is C=CCOC(C)C(=O)Nc1ccc(-c2ncn[nH]2)cc1. The zero-order valence-corrected chi connectivity index (χ0v) is 11.2. The normalized spacial score (nSPS) is 11.8. The van der Waals surface area contributed by atoms with Crippen LogP contribution in [0.25, 0.3) is 11.4 Å². The van der Waals surface area contributed by atoms with Gasteiger partial charge in [-0.25, -0.2) is 4.98 Å². The molecule has 20 heavy (non-hydrogen) atoms. The number of nitrogens with zero attached hydrogens (tertiary/aromatic N) is 2. The largest absolute Gasteiger partial charge is 0.365 e. The third-order valence-electron chi connectivity index (χ3n) is 2.67. The first-order valence-corrected chi connectivity index (χ1v) is 6.20. The van der Waals surface area contributed by atoms with Gasteiger partial charge in [-0.3, -0.25) is 9.89 Å². The van der Waals surface area contributed by atoms with Crippen LogP contribution in [-0.2, 0) is 9.53 Å². The van der Waals surface area contributed by atoms with Gasteiger partial charge in [0.25, 0.3) is 5.91 Å². The average Bonchev–Trinajstić information content (AvgIpc) is 2.99. The lowest BCUT2D eigenvalue weighted by molar-refractivity contribution is -0.125. The third-order valence-corrected chi connectivity index (χ3v) is 2.67. The number of ether oxygens (including phenoxy) is 1. The molecular weight excluding hydrogens is 256 g/mol. The van der Waals surface area contributed by atoms with Gasteiger partial charge in [-0.1, -0.05) is 6.08 Å². The van der Waals surface area contributed by atoms with Crippen LogP contribution in [0.1, 0.15) is 6.92 Å². The van der Waals surface area contributed by atoms with Crippen molar-refractivity contribution >= 4 is 11.6 Å². The molecule has 6 nitrogen and oxygen atoms in total. The third kappa shape index (κ3) is 3.52. The Morgan fingerprint density at radius 1 is 1.50 bits per heavy atom. The number of carbonyl (C=O) groups is 1. The number of aromatic nitrogens is 3. The predicted molar refractivity (Wildman–Crippen MR) is 76.1 cm³/mol. The van der Waals surface area contributed by atoms with Gasteiger partial charge >= 0.3 is 0 Å². The summed E-state index contributed by atoms with van der Waals surface area (Å²) in [6.07, 6.45) is 2.53. The summed E-state index contributed by atoms with van der Waals surface area (Å²) in [5.74, 6) is 0.491. The number of benzene rings is 1. The molecule has 0 bridgehead atoms. The first kappa shape index (κ1) is 14.0. The standard InChI is InChI=1S/C14H16N4O2/c1-3-8-20-10(2)14(19)17-12-6-4-11(5-7-12)13-15-9-16-18-13/h3-7,9-10H,1,8H2,2H3,(H,17,19)(H,15,16,18). The minimum Gasteiger partial charge on any atom is -0.365 e. The molecule has 2 rings (SSSR count). The number of hydrogen-bond acceptors (Lipinski definition) is 4. The Kier molecular flexibility index (Phi) is 4.62. The highest BCUT2D eigenvalue weighted by Gasteiger charge is 2.12. The number of rotatable bonds is 6. The van der Waals surface area contributed by atoms with E-state index in [2.05, 4.69) is 27.1 Å². The molecule has 0 aliphatic carbocycles. The highest BCUT2D eigenvalue weighted by atomic mass is 16.5. The smallest absolute Gasteiger partial charge is 0.253 e. The van der Waals surface area contributed by atoms with Crippen LogP contribution < -0.4 is 5.32 Å². The first-order chi connectivity index (χ1) is 9.70. The van der Waals surface area contributed by atoms with Crippen LogP contribution in [0.2, 0.25) is 0 Å².